The lowest BCUT2D eigenvalue weighted by Crippen LogP contribution is -2.08. The third kappa shape index (κ3) is 2.83. The predicted molar refractivity (Wildman–Crippen MR) is 55.5 cm³/mol. The monoisotopic (exact) mass is 201 g/mol. The Balaban J connectivity index is 0.00000144. The molecule has 1 rings (SSSR count). The van der Waals surface area contributed by atoms with Gasteiger partial charge in [-0.3, -0.25) is 0 Å². The molecule has 0 saturated carbocycles. The first-order valence-corrected chi connectivity index (χ1v) is 3.79. The van der Waals surface area contributed by atoms with Gasteiger partial charge < -0.3 is 5.73 Å². The van der Waals surface area contributed by atoms with E-state index in [9.17, 15) is 4.39 Å². The Morgan fingerprint density at radius 1 is 1.54 bits per heavy atom. The molecule has 1 nitrogen and oxygen atoms in total. The molecule has 0 amide bonds. The molecule has 3 heteroatoms. The van der Waals surface area contributed by atoms with Gasteiger partial charge in [-0.2, -0.15) is 0 Å². The lowest BCUT2D eigenvalue weighted by molar-refractivity contribution is 0.602. The van der Waals surface area contributed by atoms with Crippen molar-refractivity contribution in [3.05, 3.63) is 47.8 Å². The first-order chi connectivity index (χ1) is 5.65. The summed E-state index contributed by atoms with van der Waals surface area (Å²) >= 11 is 0. The molecule has 13 heavy (non-hydrogen) atoms. The molecule has 0 unspecified atom stereocenters. The lowest BCUT2D eigenvalue weighted by Gasteiger charge is -2.08. The van der Waals surface area contributed by atoms with Crippen LogP contribution in [0.1, 0.15) is 17.2 Å². The van der Waals surface area contributed by atoms with E-state index in [2.05, 4.69) is 6.58 Å². The van der Waals surface area contributed by atoms with Crippen LogP contribution in [0.2, 0.25) is 0 Å². The van der Waals surface area contributed by atoms with Gasteiger partial charge in [0, 0.05) is 5.56 Å². The van der Waals surface area contributed by atoms with Crippen molar-refractivity contribution in [1.82, 2.24) is 0 Å². The van der Waals surface area contributed by atoms with Gasteiger partial charge in [0.25, 0.3) is 0 Å². The summed E-state index contributed by atoms with van der Waals surface area (Å²) in [6.07, 6.45) is 1.53. The van der Waals surface area contributed by atoms with Crippen LogP contribution in [0.4, 0.5) is 4.39 Å². The molecule has 1 aromatic carbocycles. The van der Waals surface area contributed by atoms with Gasteiger partial charge in [0.05, 0.1) is 6.04 Å². The number of benzene rings is 1. The Bertz CT molecular complexity index is 299. The van der Waals surface area contributed by atoms with Crippen molar-refractivity contribution in [2.75, 3.05) is 0 Å². The highest BCUT2D eigenvalue weighted by molar-refractivity contribution is 5.85. The number of nitrogens with two attached hydrogens (primary N) is 1. The fourth-order valence-corrected chi connectivity index (χ4v) is 1.05. The normalized spacial score (nSPS) is 11.6. The van der Waals surface area contributed by atoms with Gasteiger partial charge in [-0.25, -0.2) is 4.39 Å². The van der Waals surface area contributed by atoms with Crippen LogP contribution in [0.25, 0.3) is 0 Å². The molecule has 0 aliphatic rings. The Labute approximate surface area is 83.9 Å². The summed E-state index contributed by atoms with van der Waals surface area (Å²) in [6, 6.07) is 4.47. The molecule has 1 atom stereocenters. The topological polar surface area (TPSA) is 26.0 Å². The van der Waals surface area contributed by atoms with E-state index in [-0.39, 0.29) is 18.2 Å². The molecule has 0 radical (unpaired) electrons. The molecule has 2 N–H and O–H groups in total. The molecule has 0 bridgehead atoms. The van der Waals surface area contributed by atoms with Gasteiger partial charge in [0.15, 0.2) is 0 Å². The van der Waals surface area contributed by atoms with Crippen LogP contribution in [0.15, 0.2) is 30.9 Å². The van der Waals surface area contributed by atoms with Crippen molar-refractivity contribution in [1.29, 1.82) is 0 Å². The van der Waals surface area contributed by atoms with Crippen LogP contribution in [-0.4, -0.2) is 0 Å². The van der Waals surface area contributed by atoms with E-state index >= 15 is 0 Å². The van der Waals surface area contributed by atoms with Crippen LogP contribution >= 0.6 is 12.4 Å². The van der Waals surface area contributed by atoms with Crippen LogP contribution in [0.3, 0.4) is 0 Å². The van der Waals surface area contributed by atoms with Gasteiger partial charge in [0.1, 0.15) is 5.82 Å². The largest absolute Gasteiger partial charge is 0.321 e. The molecule has 72 valence electrons. The maximum absolute atomic E-state index is 13.1. The highest BCUT2D eigenvalue weighted by atomic mass is 35.5. The highest BCUT2D eigenvalue weighted by Crippen LogP contribution is 2.16. The Morgan fingerprint density at radius 2 is 2.15 bits per heavy atom. The summed E-state index contributed by atoms with van der Waals surface area (Å²) < 4.78 is 13.1. The number of rotatable bonds is 2. The molecular weight excluding hydrogens is 189 g/mol. The van der Waals surface area contributed by atoms with Crippen molar-refractivity contribution in [2.24, 2.45) is 5.73 Å². The fourth-order valence-electron chi connectivity index (χ4n) is 1.05. The van der Waals surface area contributed by atoms with E-state index in [1.165, 1.54) is 12.1 Å². The highest BCUT2D eigenvalue weighted by Gasteiger charge is 2.07. The molecular formula is C10H13ClFN. The Hall–Kier alpha value is -0.860. The maximum Gasteiger partial charge on any atom is 0.128 e. The standard InChI is InChI=1S/C10H12FN.ClH/c1-3-10(12)8-6-7(2)4-5-9(8)11;/h3-6,10H,1,12H2,2H3;1H/t10-;/m1./s1. The van der Waals surface area contributed by atoms with Crippen molar-refractivity contribution in [3.63, 3.8) is 0 Å². The first kappa shape index (κ1) is 12.1. The molecule has 0 heterocycles. The summed E-state index contributed by atoms with van der Waals surface area (Å²) in [5, 5.41) is 0. The molecule has 1 aromatic rings. The lowest BCUT2D eigenvalue weighted by atomic mass is 10.0. The van der Waals surface area contributed by atoms with E-state index in [1.54, 1.807) is 12.1 Å². The average molecular weight is 202 g/mol. The number of halogens is 2. The van der Waals surface area contributed by atoms with Gasteiger partial charge in [-0.1, -0.05) is 23.8 Å². The minimum Gasteiger partial charge on any atom is -0.321 e. The molecule has 0 aromatic heterocycles. The van der Waals surface area contributed by atoms with E-state index < -0.39 is 6.04 Å². The minimum absolute atomic E-state index is 0. The number of aryl methyl sites for hydroxylation is 1. The van der Waals surface area contributed by atoms with E-state index in [1.807, 2.05) is 6.92 Å². The quantitative estimate of drug-likeness (QED) is 0.732. The van der Waals surface area contributed by atoms with Gasteiger partial charge >= 0.3 is 0 Å². The fraction of sp³-hybridized carbons (Fsp3) is 0.200. The Morgan fingerprint density at radius 3 is 2.69 bits per heavy atom. The van der Waals surface area contributed by atoms with Crippen LogP contribution in [0, 0.1) is 12.7 Å². The maximum atomic E-state index is 13.1. The molecule has 0 fully saturated rings. The average Bonchev–Trinajstić information content (AvgIpc) is 2.08. The van der Waals surface area contributed by atoms with Gasteiger partial charge in [-0.15, -0.1) is 19.0 Å². The second kappa shape index (κ2) is 5.00. The second-order valence-electron chi connectivity index (χ2n) is 2.79. The van der Waals surface area contributed by atoms with E-state index in [4.69, 9.17) is 5.73 Å². The minimum atomic E-state index is -0.412. The van der Waals surface area contributed by atoms with Crippen molar-refractivity contribution in [2.45, 2.75) is 13.0 Å². The molecule has 0 saturated heterocycles. The van der Waals surface area contributed by atoms with Crippen LogP contribution < -0.4 is 5.73 Å². The van der Waals surface area contributed by atoms with Crippen molar-refractivity contribution < 1.29 is 4.39 Å². The third-order valence-electron chi connectivity index (χ3n) is 1.76. The predicted octanol–water partition coefficient (Wildman–Crippen LogP) is 2.74. The zero-order valence-corrected chi connectivity index (χ0v) is 8.27. The summed E-state index contributed by atoms with van der Waals surface area (Å²) in [5.74, 6) is -0.270. The SMILES string of the molecule is C=C[C@@H](N)c1cc(C)ccc1F.Cl. The van der Waals surface area contributed by atoms with Crippen molar-refractivity contribution in [3.8, 4) is 0 Å². The van der Waals surface area contributed by atoms with Crippen molar-refractivity contribution >= 4 is 12.4 Å². The summed E-state index contributed by atoms with van der Waals surface area (Å²) in [7, 11) is 0. The zero-order valence-electron chi connectivity index (χ0n) is 7.46. The number of hydrogen-bond donors (Lipinski definition) is 1. The second-order valence-corrected chi connectivity index (χ2v) is 2.79. The van der Waals surface area contributed by atoms with Crippen LogP contribution in [-0.2, 0) is 0 Å². The third-order valence-corrected chi connectivity index (χ3v) is 1.76. The van der Waals surface area contributed by atoms with Gasteiger partial charge in [-0.05, 0) is 13.0 Å². The molecule has 0 aliphatic carbocycles. The van der Waals surface area contributed by atoms with Gasteiger partial charge in [0.2, 0.25) is 0 Å². The summed E-state index contributed by atoms with van der Waals surface area (Å²) in [6.45, 7) is 5.42. The Kier molecular flexibility index (Phi) is 4.67. The smallest absolute Gasteiger partial charge is 0.128 e. The first-order valence-electron chi connectivity index (χ1n) is 3.79. The van der Waals surface area contributed by atoms with Crippen LogP contribution in [0.5, 0.6) is 0 Å². The van der Waals surface area contributed by atoms with E-state index in [0.29, 0.717) is 5.56 Å². The van der Waals surface area contributed by atoms with E-state index in [0.717, 1.165) is 5.56 Å². The molecule has 0 aliphatic heterocycles. The summed E-state index contributed by atoms with van der Waals surface area (Å²) in [5.41, 5.74) is 7.11. The summed E-state index contributed by atoms with van der Waals surface area (Å²) in [4.78, 5) is 0. The molecule has 0 spiro atoms. The number of hydrogen-bond acceptors (Lipinski definition) is 1. The zero-order chi connectivity index (χ0) is 9.14.